The number of benzene rings is 1. The highest BCUT2D eigenvalue weighted by Crippen LogP contribution is 2.13. The van der Waals surface area contributed by atoms with Crippen molar-refractivity contribution >= 4 is 23.4 Å². The van der Waals surface area contributed by atoms with Crippen molar-refractivity contribution in [3.8, 4) is 6.07 Å². The molecule has 3 aromatic rings. The Kier molecular flexibility index (Phi) is 5.89. The van der Waals surface area contributed by atoms with Crippen molar-refractivity contribution in [2.24, 2.45) is 0 Å². The molecule has 0 radical (unpaired) electrons. The topological polar surface area (TPSA) is 116 Å². The van der Waals surface area contributed by atoms with Crippen LogP contribution in [0.3, 0.4) is 0 Å². The maximum absolute atomic E-state index is 12.0. The number of nitrogens with zero attached hydrogens (tertiary/aromatic N) is 4. The van der Waals surface area contributed by atoms with Gasteiger partial charge in [0.2, 0.25) is 0 Å². The second-order valence-electron chi connectivity index (χ2n) is 5.50. The first kappa shape index (κ1) is 17.8. The first-order valence-corrected chi connectivity index (χ1v) is 8.27. The zero-order valence-corrected chi connectivity index (χ0v) is 14.4. The normalized spacial score (nSPS) is 9.89. The van der Waals surface area contributed by atoms with Crippen LogP contribution in [0.4, 0.5) is 17.5 Å². The Labute approximate surface area is 156 Å². The van der Waals surface area contributed by atoms with Gasteiger partial charge in [0, 0.05) is 30.9 Å². The highest BCUT2D eigenvalue weighted by atomic mass is 16.1. The summed E-state index contributed by atoms with van der Waals surface area (Å²) in [6.45, 7) is 0.925. The van der Waals surface area contributed by atoms with Gasteiger partial charge >= 0.3 is 0 Å². The van der Waals surface area contributed by atoms with E-state index in [1.165, 1.54) is 6.33 Å². The molecule has 0 aliphatic carbocycles. The summed E-state index contributed by atoms with van der Waals surface area (Å²) in [5.74, 6) is 1.75. The maximum Gasteiger partial charge on any atom is 0.251 e. The van der Waals surface area contributed by atoms with E-state index in [1.807, 2.05) is 24.3 Å². The summed E-state index contributed by atoms with van der Waals surface area (Å²) in [6, 6.07) is 15.8. The van der Waals surface area contributed by atoms with Gasteiger partial charge in [-0.2, -0.15) is 5.26 Å². The van der Waals surface area contributed by atoms with Crippen molar-refractivity contribution < 1.29 is 4.79 Å². The van der Waals surface area contributed by atoms with Crippen LogP contribution in [-0.2, 0) is 0 Å². The van der Waals surface area contributed by atoms with Gasteiger partial charge in [-0.25, -0.2) is 15.0 Å². The molecular weight excluding hydrogens is 342 g/mol. The van der Waals surface area contributed by atoms with E-state index in [4.69, 9.17) is 5.26 Å². The van der Waals surface area contributed by atoms with Crippen LogP contribution in [0.1, 0.15) is 15.9 Å². The van der Waals surface area contributed by atoms with E-state index >= 15 is 0 Å². The van der Waals surface area contributed by atoms with E-state index in [1.54, 1.807) is 36.5 Å². The standard InChI is InChI=1S/C19H17N7O/c20-12-14-4-6-15(7-5-14)19(27)23-10-9-22-17-11-18(25-13-24-17)26-16-3-1-2-8-21-16/h1-8,11,13H,9-10H2,(H,23,27)(H2,21,22,24,25,26). The zero-order chi connectivity index (χ0) is 18.9. The fraction of sp³-hybridized carbons (Fsp3) is 0.105. The van der Waals surface area contributed by atoms with E-state index in [2.05, 4.69) is 30.9 Å². The Balaban J connectivity index is 1.47. The van der Waals surface area contributed by atoms with Gasteiger partial charge in [0.25, 0.3) is 5.91 Å². The van der Waals surface area contributed by atoms with E-state index in [0.29, 0.717) is 41.7 Å². The van der Waals surface area contributed by atoms with Crippen LogP contribution in [0.25, 0.3) is 0 Å². The Bertz CT molecular complexity index is 936. The second kappa shape index (κ2) is 8.92. The van der Waals surface area contributed by atoms with Crippen LogP contribution in [-0.4, -0.2) is 33.9 Å². The second-order valence-corrected chi connectivity index (χ2v) is 5.50. The van der Waals surface area contributed by atoms with Gasteiger partial charge in [0.1, 0.15) is 23.8 Å². The molecular formula is C19H17N7O. The first-order valence-electron chi connectivity index (χ1n) is 8.27. The van der Waals surface area contributed by atoms with Crippen molar-refractivity contribution in [3.05, 3.63) is 72.2 Å². The van der Waals surface area contributed by atoms with Gasteiger partial charge in [0.05, 0.1) is 11.6 Å². The number of pyridine rings is 1. The predicted octanol–water partition coefficient (Wildman–Crippen LogP) is 2.33. The summed E-state index contributed by atoms with van der Waals surface area (Å²) in [5, 5.41) is 17.8. The highest BCUT2D eigenvalue weighted by molar-refractivity contribution is 5.94. The molecule has 134 valence electrons. The zero-order valence-electron chi connectivity index (χ0n) is 14.4. The Hall–Kier alpha value is -3.99. The monoisotopic (exact) mass is 359 g/mol. The number of carbonyl (C=O) groups excluding carboxylic acids is 1. The molecule has 0 saturated carbocycles. The van der Waals surface area contributed by atoms with Crippen molar-refractivity contribution in [1.29, 1.82) is 5.26 Å². The number of amides is 1. The average molecular weight is 359 g/mol. The molecule has 2 aromatic heterocycles. The largest absolute Gasteiger partial charge is 0.368 e. The lowest BCUT2D eigenvalue weighted by atomic mass is 10.1. The van der Waals surface area contributed by atoms with Crippen LogP contribution in [0, 0.1) is 11.3 Å². The molecule has 0 atom stereocenters. The third-order valence-corrected chi connectivity index (χ3v) is 3.58. The summed E-state index contributed by atoms with van der Waals surface area (Å²) < 4.78 is 0. The van der Waals surface area contributed by atoms with Gasteiger partial charge in [-0.15, -0.1) is 0 Å². The summed E-state index contributed by atoms with van der Waals surface area (Å²) in [6.07, 6.45) is 3.14. The molecule has 0 aliphatic heterocycles. The van der Waals surface area contributed by atoms with Crippen LogP contribution >= 0.6 is 0 Å². The molecule has 0 aliphatic rings. The lowest BCUT2D eigenvalue weighted by Gasteiger charge is -2.09. The third-order valence-electron chi connectivity index (χ3n) is 3.58. The van der Waals surface area contributed by atoms with E-state index in [9.17, 15) is 4.79 Å². The quantitative estimate of drug-likeness (QED) is 0.554. The Morgan fingerprint density at radius 2 is 1.78 bits per heavy atom. The van der Waals surface area contributed by atoms with Gasteiger partial charge in [-0.3, -0.25) is 4.79 Å². The smallest absolute Gasteiger partial charge is 0.251 e. The lowest BCUT2D eigenvalue weighted by Crippen LogP contribution is -2.28. The van der Waals surface area contributed by atoms with E-state index in [-0.39, 0.29) is 5.91 Å². The lowest BCUT2D eigenvalue weighted by molar-refractivity contribution is 0.0955. The maximum atomic E-state index is 12.0. The molecule has 1 aromatic carbocycles. The SMILES string of the molecule is N#Cc1ccc(C(=O)NCCNc2cc(Nc3ccccn3)ncn2)cc1. The molecule has 3 rings (SSSR count). The molecule has 1 amide bonds. The number of hydrogen-bond acceptors (Lipinski definition) is 7. The Morgan fingerprint density at radius 3 is 2.52 bits per heavy atom. The predicted molar refractivity (Wildman–Crippen MR) is 102 cm³/mol. The van der Waals surface area contributed by atoms with Crippen molar-refractivity contribution in [2.75, 3.05) is 23.7 Å². The summed E-state index contributed by atoms with van der Waals surface area (Å²) >= 11 is 0. The molecule has 0 bridgehead atoms. The molecule has 8 nitrogen and oxygen atoms in total. The molecule has 3 N–H and O–H groups in total. The fourth-order valence-electron chi connectivity index (χ4n) is 2.26. The molecule has 2 heterocycles. The molecule has 0 fully saturated rings. The molecule has 0 spiro atoms. The number of carbonyl (C=O) groups is 1. The minimum atomic E-state index is -0.193. The summed E-state index contributed by atoms with van der Waals surface area (Å²) in [7, 11) is 0. The number of anilines is 3. The van der Waals surface area contributed by atoms with Crippen LogP contribution in [0.2, 0.25) is 0 Å². The molecule has 8 heteroatoms. The van der Waals surface area contributed by atoms with Gasteiger partial charge < -0.3 is 16.0 Å². The average Bonchev–Trinajstić information content (AvgIpc) is 2.72. The summed E-state index contributed by atoms with van der Waals surface area (Å²) in [5.41, 5.74) is 1.03. The van der Waals surface area contributed by atoms with E-state index in [0.717, 1.165) is 0 Å². The fourth-order valence-corrected chi connectivity index (χ4v) is 2.26. The summed E-state index contributed by atoms with van der Waals surface area (Å²) in [4.78, 5) is 24.5. The van der Waals surface area contributed by atoms with E-state index < -0.39 is 0 Å². The van der Waals surface area contributed by atoms with Crippen molar-refractivity contribution in [1.82, 2.24) is 20.3 Å². The van der Waals surface area contributed by atoms with Gasteiger partial charge in [-0.1, -0.05) is 6.07 Å². The molecule has 0 unspecified atom stereocenters. The van der Waals surface area contributed by atoms with Crippen LogP contribution < -0.4 is 16.0 Å². The van der Waals surface area contributed by atoms with Gasteiger partial charge in [-0.05, 0) is 36.4 Å². The number of nitrogens with one attached hydrogen (secondary N) is 3. The third kappa shape index (κ3) is 5.24. The number of hydrogen-bond donors (Lipinski definition) is 3. The van der Waals surface area contributed by atoms with Crippen molar-refractivity contribution in [2.45, 2.75) is 0 Å². The molecule has 0 saturated heterocycles. The first-order chi connectivity index (χ1) is 13.2. The highest BCUT2D eigenvalue weighted by Gasteiger charge is 2.05. The minimum Gasteiger partial charge on any atom is -0.368 e. The van der Waals surface area contributed by atoms with Crippen LogP contribution in [0.15, 0.2) is 61.1 Å². The number of aromatic nitrogens is 3. The minimum absolute atomic E-state index is 0.193. The Morgan fingerprint density at radius 1 is 0.963 bits per heavy atom. The van der Waals surface area contributed by atoms with Gasteiger partial charge in [0.15, 0.2) is 0 Å². The van der Waals surface area contributed by atoms with Crippen LogP contribution in [0.5, 0.6) is 0 Å². The van der Waals surface area contributed by atoms with Crippen molar-refractivity contribution in [3.63, 3.8) is 0 Å². The number of rotatable bonds is 7. The number of nitriles is 1. The molecule has 27 heavy (non-hydrogen) atoms.